The Labute approximate surface area is 187 Å². The largest absolute Gasteiger partial charge is 0.351 e. The molecule has 0 radical (unpaired) electrons. The first-order valence-electron chi connectivity index (χ1n) is 9.51. The number of piperazine rings is 1. The van der Waals surface area contributed by atoms with Crippen molar-refractivity contribution in [2.24, 2.45) is 0 Å². The van der Waals surface area contributed by atoms with Crippen LogP contribution < -0.4 is 10.0 Å². The summed E-state index contributed by atoms with van der Waals surface area (Å²) in [6.45, 7) is 5.31. The first kappa shape index (κ1) is 22.8. The minimum atomic E-state index is -3.95. The highest BCUT2D eigenvalue weighted by Gasteiger charge is 2.19. The van der Waals surface area contributed by atoms with Crippen molar-refractivity contribution < 1.29 is 13.2 Å². The summed E-state index contributed by atoms with van der Waals surface area (Å²) in [6, 6.07) is 10.5. The van der Waals surface area contributed by atoms with E-state index in [2.05, 4.69) is 26.9 Å². The molecular formula is C20H24Cl2N4O3S. The third-order valence-corrected chi connectivity index (χ3v) is 6.97. The number of rotatable bonds is 7. The normalized spacial score (nSPS) is 15.7. The molecule has 0 bridgehead atoms. The summed E-state index contributed by atoms with van der Waals surface area (Å²) in [5.74, 6) is -0.258. The van der Waals surface area contributed by atoms with Gasteiger partial charge in [-0.2, -0.15) is 0 Å². The molecule has 0 aliphatic carbocycles. The summed E-state index contributed by atoms with van der Waals surface area (Å²) < 4.78 is 27.8. The highest BCUT2D eigenvalue weighted by Crippen LogP contribution is 2.27. The van der Waals surface area contributed by atoms with Gasteiger partial charge in [-0.05, 0) is 43.4 Å². The fourth-order valence-electron chi connectivity index (χ4n) is 3.12. The molecule has 1 aliphatic rings. The van der Waals surface area contributed by atoms with Crippen molar-refractivity contribution in [3.63, 3.8) is 0 Å². The van der Waals surface area contributed by atoms with Gasteiger partial charge in [-0.25, -0.2) is 8.42 Å². The third kappa shape index (κ3) is 6.09. The molecule has 1 aliphatic heterocycles. The summed E-state index contributed by atoms with van der Waals surface area (Å²) in [5.41, 5.74) is 0.628. The molecule has 3 rings (SSSR count). The summed E-state index contributed by atoms with van der Waals surface area (Å²) in [5, 5.41) is 3.20. The number of halogens is 2. The number of hydrogen-bond acceptors (Lipinski definition) is 5. The molecule has 2 aromatic carbocycles. The molecule has 0 spiro atoms. The van der Waals surface area contributed by atoms with Crippen LogP contribution in [-0.4, -0.2) is 70.4 Å². The van der Waals surface area contributed by atoms with E-state index >= 15 is 0 Å². The molecule has 1 amide bonds. The zero-order chi connectivity index (χ0) is 21.7. The molecule has 30 heavy (non-hydrogen) atoms. The second-order valence-corrected chi connectivity index (χ2v) is 9.66. The SMILES string of the molecule is CN1CCN(CCNC(=O)c2cccc(NS(=O)(=O)c3cc(Cl)ccc3Cl)c2)CC1. The van der Waals surface area contributed by atoms with E-state index in [1.54, 1.807) is 18.2 Å². The van der Waals surface area contributed by atoms with Crippen molar-refractivity contribution in [2.75, 3.05) is 51.0 Å². The fraction of sp³-hybridized carbons (Fsp3) is 0.350. The van der Waals surface area contributed by atoms with Gasteiger partial charge in [0.25, 0.3) is 15.9 Å². The van der Waals surface area contributed by atoms with Gasteiger partial charge in [0.1, 0.15) is 4.90 Å². The molecule has 2 N–H and O–H groups in total. The molecule has 10 heteroatoms. The smallest absolute Gasteiger partial charge is 0.263 e. The number of nitrogens with zero attached hydrogens (tertiary/aromatic N) is 2. The number of amides is 1. The monoisotopic (exact) mass is 470 g/mol. The average molecular weight is 471 g/mol. The summed E-state index contributed by atoms with van der Waals surface area (Å²) in [7, 11) is -1.86. The van der Waals surface area contributed by atoms with Gasteiger partial charge in [-0.1, -0.05) is 29.3 Å². The number of nitrogens with one attached hydrogen (secondary N) is 2. The van der Waals surface area contributed by atoms with Crippen LogP contribution in [-0.2, 0) is 10.0 Å². The lowest BCUT2D eigenvalue weighted by molar-refractivity contribution is 0.0941. The highest BCUT2D eigenvalue weighted by atomic mass is 35.5. The van der Waals surface area contributed by atoms with E-state index in [0.29, 0.717) is 12.1 Å². The standard InChI is InChI=1S/C20H24Cl2N4O3S/c1-25-9-11-26(12-10-25)8-7-23-20(27)15-3-2-4-17(13-15)24-30(28,29)19-14-16(21)5-6-18(19)22/h2-6,13-14,24H,7-12H2,1H3,(H,23,27). The molecule has 1 heterocycles. The van der Waals surface area contributed by atoms with E-state index in [0.717, 1.165) is 32.7 Å². The average Bonchev–Trinajstić information content (AvgIpc) is 2.71. The van der Waals surface area contributed by atoms with E-state index in [4.69, 9.17) is 23.2 Å². The molecule has 7 nitrogen and oxygen atoms in total. The van der Waals surface area contributed by atoms with Gasteiger partial charge in [0.15, 0.2) is 0 Å². The Morgan fingerprint density at radius 3 is 2.53 bits per heavy atom. The molecule has 2 aromatic rings. The number of anilines is 1. The van der Waals surface area contributed by atoms with Crippen LogP contribution >= 0.6 is 23.2 Å². The van der Waals surface area contributed by atoms with Crippen LogP contribution in [0.15, 0.2) is 47.4 Å². The van der Waals surface area contributed by atoms with Crippen LogP contribution in [0.25, 0.3) is 0 Å². The van der Waals surface area contributed by atoms with Crippen molar-refractivity contribution in [2.45, 2.75) is 4.90 Å². The van der Waals surface area contributed by atoms with Crippen LogP contribution in [0.2, 0.25) is 10.0 Å². The molecular weight excluding hydrogens is 447 g/mol. The topological polar surface area (TPSA) is 81.8 Å². The van der Waals surface area contributed by atoms with E-state index in [1.807, 2.05) is 0 Å². The van der Waals surface area contributed by atoms with Gasteiger partial charge < -0.3 is 10.2 Å². The summed E-state index contributed by atoms with van der Waals surface area (Å²) in [6.07, 6.45) is 0. The van der Waals surface area contributed by atoms with Gasteiger partial charge in [0.05, 0.1) is 5.02 Å². The Balaban J connectivity index is 1.61. The molecule has 0 aromatic heterocycles. The maximum atomic E-state index is 12.7. The van der Waals surface area contributed by atoms with Crippen LogP contribution in [0.5, 0.6) is 0 Å². The molecule has 0 unspecified atom stereocenters. The van der Waals surface area contributed by atoms with Crippen LogP contribution in [0.1, 0.15) is 10.4 Å². The molecule has 1 saturated heterocycles. The molecule has 162 valence electrons. The lowest BCUT2D eigenvalue weighted by atomic mass is 10.2. The Bertz CT molecular complexity index is 1010. The van der Waals surface area contributed by atoms with Crippen molar-refractivity contribution >= 4 is 44.8 Å². The Kier molecular flexibility index (Phi) is 7.60. The van der Waals surface area contributed by atoms with E-state index in [9.17, 15) is 13.2 Å². The molecule has 1 fully saturated rings. The Morgan fingerprint density at radius 1 is 1.07 bits per heavy atom. The van der Waals surface area contributed by atoms with Gasteiger partial charge in [0.2, 0.25) is 0 Å². The van der Waals surface area contributed by atoms with Crippen LogP contribution in [0, 0.1) is 0 Å². The Hall–Kier alpha value is -1.84. The predicted octanol–water partition coefficient (Wildman–Crippen LogP) is 2.77. The quantitative estimate of drug-likeness (QED) is 0.649. The summed E-state index contributed by atoms with van der Waals surface area (Å²) >= 11 is 11.9. The van der Waals surface area contributed by atoms with Crippen molar-refractivity contribution in [1.29, 1.82) is 0 Å². The number of hydrogen-bond donors (Lipinski definition) is 2. The van der Waals surface area contributed by atoms with Gasteiger partial charge in [0, 0.05) is 55.5 Å². The van der Waals surface area contributed by atoms with E-state index in [1.165, 1.54) is 24.3 Å². The van der Waals surface area contributed by atoms with Crippen molar-refractivity contribution in [1.82, 2.24) is 15.1 Å². The molecule has 0 atom stereocenters. The van der Waals surface area contributed by atoms with Gasteiger partial charge in [-0.15, -0.1) is 0 Å². The van der Waals surface area contributed by atoms with Crippen LogP contribution in [0.4, 0.5) is 5.69 Å². The van der Waals surface area contributed by atoms with Crippen molar-refractivity contribution in [3.05, 3.63) is 58.1 Å². The lowest BCUT2D eigenvalue weighted by Gasteiger charge is -2.32. The molecule has 0 saturated carbocycles. The third-order valence-electron chi connectivity index (χ3n) is 4.87. The number of likely N-dealkylation sites (N-methyl/N-ethyl adjacent to an activating group) is 1. The maximum Gasteiger partial charge on any atom is 0.263 e. The minimum absolute atomic E-state index is 0.0599. The van der Waals surface area contributed by atoms with E-state index < -0.39 is 10.0 Å². The Morgan fingerprint density at radius 2 is 1.80 bits per heavy atom. The lowest BCUT2D eigenvalue weighted by Crippen LogP contribution is -2.46. The highest BCUT2D eigenvalue weighted by molar-refractivity contribution is 7.92. The second kappa shape index (κ2) is 9.98. The second-order valence-electron chi connectivity index (χ2n) is 7.16. The maximum absolute atomic E-state index is 12.7. The minimum Gasteiger partial charge on any atom is -0.351 e. The van der Waals surface area contributed by atoms with Gasteiger partial charge >= 0.3 is 0 Å². The van der Waals surface area contributed by atoms with E-state index in [-0.39, 0.29) is 26.5 Å². The zero-order valence-corrected chi connectivity index (χ0v) is 18.9. The van der Waals surface area contributed by atoms with Crippen molar-refractivity contribution in [3.8, 4) is 0 Å². The first-order valence-corrected chi connectivity index (χ1v) is 11.8. The first-order chi connectivity index (χ1) is 14.2. The number of carbonyl (C=O) groups excluding carboxylic acids is 1. The number of sulfonamides is 1. The zero-order valence-electron chi connectivity index (χ0n) is 16.6. The summed E-state index contributed by atoms with van der Waals surface area (Å²) in [4.78, 5) is 16.9. The van der Waals surface area contributed by atoms with Crippen LogP contribution in [0.3, 0.4) is 0 Å². The number of carbonyl (C=O) groups is 1. The number of benzene rings is 2. The predicted molar refractivity (Wildman–Crippen MR) is 120 cm³/mol. The van der Waals surface area contributed by atoms with Gasteiger partial charge in [-0.3, -0.25) is 14.4 Å². The fourth-order valence-corrected chi connectivity index (χ4v) is 4.93.